The van der Waals surface area contributed by atoms with Crippen LogP contribution in [0, 0.1) is 10.1 Å². The van der Waals surface area contributed by atoms with Crippen LogP contribution in [0.25, 0.3) is 0 Å². The number of nitrogens with zero attached hydrogens (tertiary/aromatic N) is 2. The van der Waals surface area contributed by atoms with Crippen LogP contribution < -0.4 is 0 Å². The monoisotopic (exact) mass is 358 g/mol. The Balaban J connectivity index is 3.02. The molecule has 0 bridgehead atoms. The Labute approximate surface area is 130 Å². The van der Waals surface area contributed by atoms with E-state index in [9.17, 15) is 19.7 Å². The van der Waals surface area contributed by atoms with Crippen LogP contribution in [0.2, 0.25) is 0 Å². The normalized spacial score (nSPS) is 10.0. The summed E-state index contributed by atoms with van der Waals surface area (Å²) in [7, 11) is 0. The van der Waals surface area contributed by atoms with Crippen molar-refractivity contribution in [2.75, 3.05) is 19.7 Å². The van der Waals surface area contributed by atoms with Crippen molar-refractivity contribution < 1.29 is 19.2 Å². The van der Waals surface area contributed by atoms with Gasteiger partial charge in [0.15, 0.2) is 0 Å². The molecule has 0 saturated heterocycles. The van der Waals surface area contributed by atoms with Crippen molar-refractivity contribution >= 4 is 33.5 Å². The summed E-state index contributed by atoms with van der Waals surface area (Å²) >= 11 is 3.19. The van der Waals surface area contributed by atoms with E-state index in [2.05, 4.69) is 15.9 Å². The molecule has 0 spiro atoms. The van der Waals surface area contributed by atoms with E-state index in [0.717, 1.165) is 0 Å². The Morgan fingerprint density at radius 1 is 1.38 bits per heavy atom. The number of ether oxygens (including phenoxy) is 1. The van der Waals surface area contributed by atoms with Crippen molar-refractivity contribution in [2.24, 2.45) is 0 Å². The van der Waals surface area contributed by atoms with Crippen LogP contribution in [0.1, 0.15) is 24.2 Å². The van der Waals surface area contributed by atoms with Crippen LogP contribution in [0.15, 0.2) is 22.7 Å². The average Bonchev–Trinajstić information content (AvgIpc) is 2.44. The van der Waals surface area contributed by atoms with Crippen molar-refractivity contribution in [1.82, 2.24) is 4.90 Å². The van der Waals surface area contributed by atoms with Gasteiger partial charge in [0.25, 0.3) is 11.6 Å². The molecule has 0 aromatic heterocycles. The zero-order valence-corrected chi connectivity index (χ0v) is 13.3. The largest absolute Gasteiger partial charge is 0.465 e. The molecule has 1 aromatic carbocycles. The molecule has 0 aliphatic rings. The fraction of sp³-hybridized carbons (Fsp3) is 0.385. The molecule has 0 fully saturated rings. The first-order valence-corrected chi connectivity index (χ1v) is 7.08. The van der Waals surface area contributed by atoms with Gasteiger partial charge in [-0.1, -0.05) is 0 Å². The van der Waals surface area contributed by atoms with E-state index in [-0.39, 0.29) is 30.9 Å². The molecule has 0 heterocycles. The van der Waals surface area contributed by atoms with Gasteiger partial charge >= 0.3 is 5.97 Å². The maximum absolute atomic E-state index is 12.4. The molecule has 0 saturated carbocycles. The molecule has 114 valence electrons. The molecule has 7 nitrogen and oxygen atoms in total. The maximum Gasteiger partial charge on any atom is 0.325 e. The third-order valence-electron chi connectivity index (χ3n) is 2.69. The molecule has 0 aliphatic carbocycles. The number of benzene rings is 1. The Morgan fingerprint density at radius 3 is 2.57 bits per heavy atom. The zero-order chi connectivity index (χ0) is 16.0. The fourth-order valence-electron chi connectivity index (χ4n) is 1.65. The van der Waals surface area contributed by atoms with Crippen molar-refractivity contribution in [1.29, 1.82) is 0 Å². The van der Waals surface area contributed by atoms with Crippen molar-refractivity contribution in [3.63, 3.8) is 0 Å². The van der Waals surface area contributed by atoms with E-state index < -0.39 is 16.8 Å². The van der Waals surface area contributed by atoms with Crippen LogP contribution in [-0.2, 0) is 9.53 Å². The second kappa shape index (κ2) is 7.72. The molecule has 0 unspecified atom stereocenters. The minimum atomic E-state index is -0.579. The van der Waals surface area contributed by atoms with Gasteiger partial charge in [-0.3, -0.25) is 19.7 Å². The highest BCUT2D eigenvalue weighted by atomic mass is 79.9. The van der Waals surface area contributed by atoms with Gasteiger partial charge in [-0.05, 0) is 35.8 Å². The maximum atomic E-state index is 12.4. The molecule has 0 N–H and O–H groups in total. The first-order valence-electron chi connectivity index (χ1n) is 6.29. The number of rotatable bonds is 6. The third-order valence-corrected chi connectivity index (χ3v) is 3.38. The average molecular weight is 359 g/mol. The van der Waals surface area contributed by atoms with Crippen molar-refractivity contribution in [3.8, 4) is 0 Å². The number of nitro groups is 1. The minimum absolute atomic E-state index is 0.135. The standard InChI is InChI=1S/C13H15BrN2O5/c1-3-15(8-12(17)21-4-2)13(18)10-7-9(16(19)20)5-6-11(10)14/h5-7H,3-4,8H2,1-2H3. The van der Waals surface area contributed by atoms with Crippen molar-refractivity contribution in [3.05, 3.63) is 38.3 Å². The number of hydrogen-bond acceptors (Lipinski definition) is 5. The molecule has 1 aromatic rings. The number of carbonyl (C=O) groups is 2. The van der Waals surface area contributed by atoms with Gasteiger partial charge in [0.1, 0.15) is 6.54 Å². The number of halogens is 1. The summed E-state index contributed by atoms with van der Waals surface area (Å²) in [5, 5.41) is 10.8. The van der Waals surface area contributed by atoms with E-state index in [1.807, 2.05) is 0 Å². The lowest BCUT2D eigenvalue weighted by atomic mass is 10.1. The number of carbonyl (C=O) groups excluding carboxylic acids is 2. The summed E-state index contributed by atoms with van der Waals surface area (Å²) in [6, 6.07) is 3.91. The first-order chi connectivity index (χ1) is 9.90. The van der Waals surface area contributed by atoms with Gasteiger partial charge in [-0.2, -0.15) is 0 Å². The highest BCUT2D eigenvalue weighted by molar-refractivity contribution is 9.10. The number of nitro benzene ring substituents is 1. The van der Waals surface area contributed by atoms with Crippen LogP contribution in [0.5, 0.6) is 0 Å². The predicted molar refractivity (Wildman–Crippen MR) is 79.0 cm³/mol. The third kappa shape index (κ3) is 4.52. The number of non-ortho nitro benzene ring substituents is 1. The lowest BCUT2D eigenvalue weighted by molar-refractivity contribution is -0.384. The molecule has 1 amide bonds. The highest BCUT2D eigenvalue weighted by Crippen LogP contribution is 2.23. The number of esters is 1. The quantitative estimate of drug-likeness (QED) is 0.442. The number of amides is 1. The van der Waals surface area contributed by atoms with Crippen LogP contribution in [0.3, 0.4) is 0 Å². The minimum Gasteiger partial charge on any atom is -0.465 e. The summed E-state index contributed by atoms with van der Waals surface area (Å²) in [5.41, 5.74) is -0.0518. The molecule has 8 heteroatoms. The molecular formula is C13H15BrN2O5. The molecule has 0 atom stereocenters. The van der Waals surface area contributed by atoms with Gasteiger partial charge in [0, 0.05) is 23.2 Å². The lowest BCUT2D eigenvalue weighted by Crippen LogP contribution is -2.36. The lowest BCUT2D eigenvalue weighted by Gasteiger charge is -2.20. The van der Waals surface area contributed by atoms with Crippen molar-refractivity contribution in [2.45, 2.75) is 13.8 Å². The van der Waals surface area contributed by atoms with E-state index in [4.69, 9.17) is 4.74 Å². The first kappa shape index (κ1) is 17.1. The van der Waals surface area contributed by atoms with E-state index >= 15 is 0 Å². The highest BCUT2D eigenvalue weighted by Gasteiger charge is 2.22. The molecule has 1 rings (SSSR count). The summed E-state index contributed by atoms with van der Waals surface area (Å²) in [4.78, 5) is 35.3. The Bertz CT molecular complexity index is 561. The van der Waals surface area contributed by atoms with E-state index in [1.165, 1.54) is 23.1 Å². The van der Waals surface area contributed by atoms with Gasteiger partial charge < -0.3 is 9.64 Å². The molecular weight excluding hydrogens is 344 g/mol. The number of likely N-dealkylation sites (N-methyl/N-ethyl adjacent to an activating group) is 1. The van der Waals surface area contributed by atoms with Crippen LogP contribution >= 0.6 is 15.9 Å². The number of hydrogen-bond donors (Lipinski definition) is 0. The summed E-state index contributed by atoms with van der Waals surface area (Å²) < 4.78 is 5.23. The van der Waals surface area contributed by atoms with E-state index in [0.29, 0.717) is 4.47 Å². The Kier molecular flexibility index (Phi) is 6.29. The zero-order valence-electron chi connectivity index (χ0n) is 11.7. The van der Waals surface area contributed by atoms with Gasteiger partial charge in [0.2, 0.25) is 0 Å². The smallest absolute Gasteiger partial charge is 0.325 e. The van der Waals surface area contributed by atoms with Crippen LogP contribution in [0.4, 0.5) is 5.69 Å². The SMILES string of the molecule is CCOC(=O)CN(CC)C(=O)c1cc([N+](=O)[O-])ccc1Br. The second-order valence-corrected chi connectivity index (χ2v) is 4.90. The molecule has 0 radical (unpaired) electrons. The summed E-state index contributed by atoms with van der Waals surface area (Å²) in [6.45, 7) is 3.70. The van der Waals surface area contributed by atoms with Crippen LogP contribution in [-0.4, -0.2) is 41.4 Å². The Hall–Kier alpha value is -1.96. The topological polar surface area (TPSA) is 89.8 Å². The second-order valence-electron chi connectivity index (χ2n) is 4.05. The molecule has 0 aliphatic heterocycles. The van der Waals surface area contributed by atoms with Gasteiger partial charge in [-0.15, -0.1) is 0 Å². The van der Waals surface area contributed by atoms with E-state index in [1.54, 1.807) is 13.8 Å². The summed E-state index contributed by atoms with van der Waals surface area (Å²) in [6.07, 6.45) is 0. The predicted octanol–water partition coefficient (Wildman–Crippen LogP) is 2.38. The van der Waals surface area contributed by atoms with Gasteiger partial charge in [0.05, 0.1) is 17.1 Å². The fourth-order valence-corrected chi connectivity index (χ4v) is 2.07. The van der Waals surface area contributed by atoms with Gasteiger partial charge in [-0.25, -0.2) is 0 Å². The molecule has 21 heavy (non-hydrogen) atoms. The Morgan fingerprint density at radius 2 is 2.05 bits per heavy atom. The summed E-state index contributed by atoms with van der Waals surface area (Å²) in [5.74, 6) is -0.990.